The maximum Gasteiger partial charge on any atom is 0.0606 e. The Balaban J connectivity index is 2.54. The zero-order valence-electron chi connectivity index (χ0n) is 9.28. The molecule has 0 aliphatic rings. The topological polar surface area (TPSA) is 33.1 Å². The molecule has 2 unspecified atom stereocenters. The van der Waals surface area contributed by atoms with Crippen LogP contribution in [-0.4, -0.2) is 16.2 Å². The van der Waals surface area contributed by atoms with Gasteiger partial charge in [-0.3, -0.25) is 4.98 Å². The van der Waals surface area contributed by atoms with Crippen LogP contribution in [0.15, 0.2) is 22.9 Å². The van der Waals surface area contributed by atoms with Gasteiger partial charge in [-0.25, -0.2) is 0 Å². The number of nitrogens with zero attached hydrogens (tertiary/aromatic N) is 1. The molecule has 0 aliphatic carbocycles. The van der Waals surface area contributed by atoms with Crippen LogP contribution in [0.3, 0.4) is 0 Å². The summed E-state index contributed by atoms with van der Waals surface area (Å²) in [5.41, 5.74) is 1.08. The molecule has 0 saturated carbocycles. The zero-order chi connectivity index (χ0) is 11.3. The summed E-state index contributed by atoms with van der Waals surface area (Å²) in [4.78, 5) is 4.08. The van der Waals surface area contributed by atoms with E-state index in [1.54, 1.807) is 6.20 Å². The predicted molar refractivity (Wildman–Crippen MR) is 65.7 cm³/mol. The van der Waals surface area contributed by atoms with Crippen molar-refractivity contribution < 1.29 is 5.11 Å². The molecule has 1 rings (SSSR count). The van der Waals surface area contributed by atoms with Gasteiger partial charge in [-0.1, -0.05) is 20.3 Å². The minimum absolute atomic E-state index is 0.263. The summed E-state index contributed by atoms with van der Waals surface area (Å²) in [5.74, 6) is 0.356. The van der Waals surface area contributed by atoms with Crippen molar-refractivity contribution in [2.75, 3.05) is 0 Å². The Labute approximate surface area is 99.9 Å². The molecule has 15 heavy (non-hydrogen) atoms. The van der Waals surface area contributed by atoms with Crippen LogP contribution in [0.5, 0.6) is 0 Å². The first kappa shape index (κ1) is 12.7. The molecule has 0 aliphatic heterocycles. The molecule has 2 nitrogen and oxygen atoms in total. The van der Waals surface area contributed by atoms with E-state index in [2.05, 4.69) is 34.8 Å². The number of aromatic nitrogens is 1. The quantitative estimate of drug-likeness (QED) is 0.893. The highest BCUT2D eigenvalue weighted by atomic mass is 79.9. The second-order valence-electron chi connectivity index (χ2n) is 4.05. The first-order chi connectivity index (χ1) is 7.13. The van der Waals surface area contributed by atoms with Gasteiger partial charge in [-0.05, 0) is 39.9 Å². The fourth-order valence-corrected chi connectivity index (χ4v) is 2.07. The van der Waals surface area contributed by atoms with Crippen LogP contribution in [0.4, 0.5) is 0 Å². The van der Waals surface area contributed by atoms with Crippen LogP contribution in [0.1, 0.15) is 32.3 Å². The van der Waals surface area contributed by atoms with Gasteiger partial charge >= 0.3 is 0 Å². The number of aliphatic hydroxyl groups is 1. The van der Waals surface area contributed by atoms with E-state index in [9.17, 15) is 5.11 Å². The summed E-state index contributed by atoms with van der Waals surface area (Å²) in [7, 11) is 0. The Morgan fingerprint density at radius 3 is 2.80 bits per heavy atom. The molecule has 0 spiro atoms. The number of halogens is 1. The largest absolute Gasteiger partial charge is 0.393 e. The van der Waals surface area contributed by atoms with Gasteiger partial charge in [0, 0.05) is 23.3 Å². The smallest absolute Gasteiger partial charge is 0.0606 e. The van der Waals surface area contributed by atoms with E-state index in [0.29, 0.717) is 12.3 Å². The Bertz CT molecular complexity index is 303. The highest BCUT2D eigenvalue weighted by molar-refractivity contribution is 9.10. The number of rotatable bonds is 5. The highest BCUT2D eigenvalue weighted by Gasteiger charge is 2.13. The van der Waals surface area contributed by atoms with Crippen molar-refractivity contribution in [3.05, 3.63) is 28.5 Å². The van der Waals surface area contributed by atoms with Crippen LogP contribution in [0.25, 0.3) is 0 Å². The lowest BCUT2D eigenvalue weighted by molar-refractivity contribution is 0.111. The average Bonchev–Trinajstić information content (AvgIpc) is 2.18. The summed E-state index contributed by atoms with van der Waals surface area (Å²) in [6, 6.07) is 2.01. The van der Waals surface area contributed by atoms with Gasteiger partial charge in [-0.15, -0.1) is 0 Å². The van der Waals surface area contributed by atoms with Gasteiger partial charge in [0.1, 0.15) is 0 Å². The highest BCUT2D eigenvalue weighted by Crippen LogP contribution is 2.17. The van der Waals surface area contributed by atoms with E-state index in [0.717, 1.165) is 22.9 Å². The average molecular weight is 272 g/mol. The zero-order valence-corrected chi connectivity index (χ0v) is 10.9. The number of aliphatic hydroxyl groups excluding tert-OH is 1. The number of hydrogen-bond acceptors (Lipinski definition) is 2. The molecule has 3 heteroatoms. The maximum absolute atomic E-state index is 9.95. The van der Waals surface area contributed by atoms with Gasteiger partial charge in [-0.2, -0.15) is 0 Å². The van der Waals surface area contributed by atoms with Crippen LogP contribution in [-0.2, 0) is 6.42 Å². The van der Waals surface area contributed by atoms with Crippen LogP contribution >= 0.6 is 15.9 Å². The molecule has 1 aromatic heterocycles. The maximum atomic E-state index is 9.95. The summed E-state index contributed by atoms with van der Waals surface area (Å²) in [6.07, 6.45) is 6.18. The van der Waals surface area contributed by atoms with Gasteiger partial charge in [0.15, 0.2) is 0 Å². The van der Waals surface area contributed by atoms with E-state index in [-0.39, 0.29) is 6.10 Å². The molecule has 0 saturated heterocycles. The molecule has 0 aromatic carbocycles. The van der Waals surface area contributed by atoms with E-state index in [4.69, 9.17) is 0 Å². The Morgan fingerprint density at radius 1 is 1.47 bits per heavy atom. The lowest BCUT2D eigenvalue weighted by Gasteiger charge is -2.17. The molecule has 0 radical (unpaired) electrons. The van der Waals surface area contributed by atoms with Crippen molar-refractivity contribution in [2.45, 2.75) is 39.2 Å². The van der Waals surface area contributed by atoms with Crippen LogP contribution in [0, 0.1) is 5.92 Å². The molecule has 0 bridgehead atoms. The standard InChI is InChI=1S/C12H18BrNO/c1-3-4-9(2)12(15)6-10-5-11(13)8-14-7-10/h5,7-9,12,15H,3-4,6H2,1-2H3. The molecular formula is C12H18BrNO. The van der Waals surface area contributed by atoms with Gasteiger partial charge in [0.2, 0.25) is 0 Å². The molecular weight excluding hydrogens is 254 g/mol. The fraction of sp³-hybridized carbons (Fsp3) is 0.583. The van der Waals surface area contributed by atoms with Crippen LogP contribution in [0.2, 0.25) is 0 Å². The van der Waals surface area contributed by atoms with Crippen molar-refractivity contribution in [1.82, 2.24) is 4.98 Å². The van der Waals surface area contributed by atoms with Crippen molar-refractivity contribution in [3.63, 3.8) is 0 Å². The van der Waals surface area contributed by atoms with Crippen molar-refractivity contribution in [2.24, 2.45) is 5.92 Å². The Hall–Kier alpha value is -0.410. The lowest BCUT2D eigenvalue weighted by atomic mass is 9.95. The van der Waals surface area contributed by atoms with Crippen molar-refractivity contribution in [1.29, 1.82) is 0 Å². The molecule has 84 valence electrons. The van der Waals surface area contributed by atoms with E-state index < -0.39 is 0 Å². The van der Waals surface area contributed by atoms with E-state index in [1.807, 2.05) is 12.3 Å². The third-order valence-electron chi connectivity index (χ3n) is 2.61. The third-order valence-corrected chi connectivity index (χ3v) is 3.04. The van der Waals surface area contributed by atoms with Gasteiger partial charge in [0.05, 0.1) is 6.10 Å². The summed E-state index contributed by atoms with van der Waals surface area (Å²) < 4.78 is 0.968. The lowest BCUT2D eigenvalue weighted by Crippen LogP contribution is -2.20. The molecule has 2 atom stereocenters. The minimum atomic E-state index is -0.263. The third kappa shape index (κ3) is 4.31. The molecule has 0 fully saturated rings. The van der Waals surface area contributed by atoms with Gasteiger partial charge < -0.3 is 5.11 Å². The first-order valence-corrected chi connectivity index (χ1v) is 6.20. The fourth-order valence-electron chi connectivity index (χ4n) is 1.66. The van der Waals surface area contributed by atoms with Crippen molar-refractivity contribution in [3.8, 4) is 0 Å². The second-order valence-corrected chi connectivity index (χ2v) is 4.96. The summed E-state index contributed by atoms with van der Waals surface area (Å²) >= 11 is 3.38. The monoisotopic (exact) mass is 271 g/mol. The van der Waals surface area contributed by atoms with E-state index in [1.165, 1.54) is 0 Å². The minimum Gasteiger partial charge on any atom is -0.393 e. The molecule has 1 heterocycles. The number of pyridine rings is 1. The molecule has 1 N–H and O–H groups in total. The normalized spacial score (nSPS) is 14.9. The second kappa shape index (κ2) is 6.23. The first-order valence-electron chi connectivity index (χ1n) is 5.41. The Kier molecular flexibility index (Phi) is 5.26. The van der Waals surface area contributed by atoms with Crippen LogP contribution < -0.4 is 0 Å². The Morgan fingerprint density at radius 2 is 2.20 bits per heavy atom. The van der Waals surface area contributed by atoms with E-state index >= 15 is 0 Å². The van der Waals surface area contributed by atoms with Gasteiger partial charge in [0.25, 0.3) is 0 Å². The summed E-state index contributed by atoms with van der Waals surface area (Å²) in [5, 5.41) is 9.95. The van der Waals surface area contributed by atoms with Crippen molar-refractivity contribution >= 4 is 15.9 Å². The predicted octanol–water partition coefficient (Wildman–Crippen LogP) is 3.18. The molecule has 1 aromatic rings. The SMILES string of the molecule is CCCC(C)C(O)Cc1cncc(Br)c1. The summed E-state index contributed by atoms with van der Waals surface area (Å²) in [6.45, 7) is 4.24. The number of hydrogen-bond donors (Lipinski definition) is 1. The molecule has 0 amide bonds.